The Morgan fingerprint density at radius 2 is 1.86 bits per heavy atom. The van der Waals surface area contributed by atoms with E-state index in [4.69, 9.17) is 4.74 Å². The summed E-state index contributed by atoms with van der Waals surface area (Å²) in [5.41, 5.74) is -1.83. The van der Waals surface area contributed by atoms with E-state index in [2.05, 4.69) is 5.32 Å². The number of carbonyl (C=O) groups is 2. The van der Waals surface area contributed by atoms with Crippen molar-refractivity contribution in [1.29, 1.82) is 0 Å². The quantitative estimate of drug-likeness (QED) is 0.790. The predicted octanol–water partition coefficient (Wildman–Crippen LogP) is 4.57. The summed E-state index contributed by atoms with van der Waals surface area (Å²) in [6.45, 7) is 5.90. The lowest BCUT2D eigenvalue weighted by Gasteiger charge is -2.38. The highest BCUT2D eigenvalue weighted by Crippen LogP contribution is 2.34. The summed E-state index contributed by atoms with van der Waals surface area (Å²) in [4.78, 5) is 27.6. The standard InChI is InChI=1S/C19H26F3N3O3/c1-18(2,3)28-17(27)24(4)13-8-7-11-25(12-13)16(26)23-15-10-6-5-9-14(15)19(20,21)22/h5-6,9-10,13H,7-8,11-12H2,1-4H3,(H,23,26). The number of likely N-dealkylation sites (tertiary alicyclic amines) is 1. The number of likely N-dealkylation sites (N-methyl/N-ethyl adjacent to an activating group) is 1. The summed E-state index contributed by atoms with van der Waals surface area (Å²) in [6, 6.07) is 3.94. The van der Waals surface area contributed by atoms with Crippen molar-refractivity contribution in [3.63, 3.8) is 0 Å². The van der Waals surface area contributed by atoms with Gasteiger partial charge in [-0.15, -0.1) is 0 Å². The number of urea groups is 1. The molecule has 9 heteroatoms. The molecule has 1 unspecified atom stereocenters. The van der Waals surface area contributed by atoms with Gasteiger partial charge in [-0.25, -0.2) is 9.59 Å². The first kappa shape index (κ1) is 21.8. The number of benzene rings is 1. The summed E-state index contributed by atoms with van der Waals surface area (Å²) in [5, 5.41) is 2.35. The number of hydrogen-bond acceptors (Lipinski definition) is 3. The summed E-state index contributed by atoms with van der Waals surface area (Å²) in [6.07, 6.45) is -3.75. The zero-order valence-electron chi connectivity index (χ0n) is 16.5. The normalized spacial score (nSPS) is 17.8. The van der Waals surface area contributed by atoms with Crippen molar-refractivity contribution in [1.82, 2.24) is 9.80 Å². The van der Waals surface area contributed by atoms with Gasteiger partial charge in [-0.05, 0) is 45.7 Å². The van der Waals surface area contributed by atoms with Gasteiger partial charge in [0.05, 0.1) is 17.3 Å². The Hall–Kier alpha value is -2.45. The lowest BCUT2D eigenvalue weighted by molar-refractivity contribution is -0.136. The fourth-order valence-electron chi connectivity index (χ4n) is 2.97. The minimum absolute atomic E-state index is 0.218. The maximum atomic E-state index is 13.1. The van der Waals surface area contributed by atoms with Crippen molar-refractivity contribution < 1.29 is 27.5 Å². The van der Waals surface area contributed by atoms with Gasteiger partial charge in [0.2, 0.25) is 0 Å². The van der Waals surface area contributed by atoms with E-state index in [-0.39, 0.29) is 18.3 Å². The average Bonchev–Trinajstić information content (AvgIpc) is 2.59. The van der Waals surface area contributed by atoms with Crippen LogP contribution in [0.2, 0.25) is 0 Å². The van der Waals surface area contributed by atoms with E-state index in [1.54, 1.807) is 27.8 Å². The zero-order chi connectivity index (χ0) is 21.1. The molecule has 1 atom stereocenters. The number of ether oxygens (including phenoxy) is 1. The van der Waals surface area contributed by atoms with Crippen LogP contribution >= 0.6 is 0 Å². The maximum Gasteiger partial charge on any atom is 0.418 e. The second-order valence-corrected chi connectivity index (χ2v) is 7.81. The van der Waals surface area contributed by atoms with Crippen LogP contribution in [0.15, 0.2) is 24.3 Å². The summed E-state index contributed by atoms with van der Waals surface area (Å²) in [7, 11) is 1.60. The fourth-order valence-corrected chi connectivity index (χ4v) is 2.97. The molecular weight excluding hydrogens is 375 g/mol. The molecule has 1 heterocycles. The van der Waals surface area contributed by atoms with E-state index in [1.165, 1.54) is 28.0 Å². The van der Waals surface area contributed by atoms with Crippen molar-refractivity contribution in [3.8, 4) is 0 Å². The first-order chi connectivity index (χ1) is 12.9. The molecular formula is C19H26F3N3O3. The smallest absolute Gasteiger partial charge is 0.418 e. The number of nitrogens with one attached hydrogen (secondary N) is 1. The number of halogens is 3. The van der Waals surface area contributed by atoms with Crippen molar-refractivity contribution in [2.24, 2.45) is 0 Å². The van der Waals surface area contributed by atoms with Crippen LogP contribution < -0.4 is 5.32 Å². The van der Waals surface area contributed by atoms with E-state index in [1.807, 2.05) is 0 Å². The molecule has 28 heavy (non-hydrogen) atoms. The second-order valence-electron chi connectivity index (χ2n) is 7.81. The highest BCUT2D eigenvalue weighted by Gasteiger charge is 2.35. The van der Waals surface area contributed by atoms with Crippen LogP contribution in [-0.2, 0) is 10.9 Å². The first-order valence-corrected chi connectivity index (χ1v) is 9.06. The molecule has 1 aliphatic rings. The van der Waals surface area contributed by atoms with Crippen LogP contribution in [-0.4, -0.2) is 53.7 Å². The van der Waals surface area contributed by atoms with Crippen molar-refractivity contribution in [3.05, 3.63) is 29.8 Å². The molecule has 0 radical (unpaired) electrons. The van der Waals surface area contributed by atoms with Crippen LogP contribution in [0.1, 0.15) is 39.2 Å². The number of alkyl halides is 3. The largest absolute Gasteiger partial charge is 0.444 e. The number of anilines is 1. The minimum atomic E-state index is -4.56. The average molecular weight is 401 g/mol. The summed E-state index contributed by atoms with van der Waals surface area (Å²) >= 11 is 0. The topological polar surface area (TPSA) is 61.9 Å². The number of carbonyl (C=O) groups excluding carboxylic acids is 2. The van der Waals surface area contributed by atoms with Gasteiger partial charge in [0.15, 0.2) is 0 Å². The number of rotatable bonds is 2. The number of nitrogens with zero attached hydrogens (tertiary/aromatic N) is 2. The first-order valence-electron chi connectivity index (χ1n) is 9.06. The lowest BCUT2D eigenvalue weighted by atomic mass is 10.1. The van der Waals surface area contributed by atoms with Gasteiger partial charge in [0, 0.05) is 20.1 Å². The lowest BCUT2D eigenvalue weighted by Crippen LogP contribution is -2.52. The molecule has 1 fully saturated rings. The van der Waals surface area contributed by atoms with Gasteiger partial charge < -0.3 is 19.9 Å². The third-order valence-corrected chi connectivity index (χ3v) is 4.39. The van der Waals surface area contributed by atoms with Gasteiger partial charge in [0.25, 0.3) is 0 Å². The molecule has 0 spiro atoms. The van der Waals surface area contributed by atoms with E-state index in [0.717, 1.165) is 6.07 Å². The van der Waals surface area contributed by atoms with Gasteiger partial charge >= 0.3 is 18.3 Å². The van der Waals surface area contributed by atoms with Gasteiger partial charge in [0.1, 0.15) is 5.60 Å². The Bertz CT molecular complexity index is 716. The number of hydrogen-bond donors (Lipinski definition) is 1. The van der Waals surface area contributed by atoms with Gasteiger partial charge in [-0.1, -0.05) is 12.1 Å². The summed E-state index contributed by atoms with van der Waals surface area (Å²) < 4.78 is 44.7. The Balaban J connectivity index is 2.05. The van der Waals surface area contributed by atoms with E-state index < -0.39 is 29.5 Å². The van der Waals surface area contributed by atoms with Crippen molar-refractivity contribution in [2.45, 2.75) is 51.4 Å². The SMILES string of the molecule is CN(C(=O)OC(C)(C)C)C1CCCN(C(=O)Nc2ccccc2C(F)(F)F)C1. The van der Waals surface area contributed by atoms with Crippen LogP contribution in [0.3, 0.4) is 0 Å². The molecule has 0 bridgehead atoms. The van der Waals surface area contributed by atoms with Gasteiger partial charge in [-0.2, -0.15) is 13.2 Å². The van der Waals surface area contributed by atoms with E-state index >= 15 is 0 Å². The maximum absolute atomic E-state index is 13.1. The van der Waals surface area contributed by atoms with Crippen molar-refractivity contribution in [2.75, 3.05) is 25.5 Å². The molecule has 1 aromatic carbocycles. The number of piperidine rings is 1. The molecule has 1 N–H and O–H groups in total. The molecule has 6 nitrogen and oxygen atoms in total. The summed E-state index contributed by atoms with van der Waals surface area (Å²) in [5.74, 6) is 0. The monoisotopic (exact) mass is 401 g/mol. The Morgan fingerprint density at radius 1 is 1.21 bits per heavy atom. The minimum Gasteiger partial charge on any atom is -0.444 e. The molecule has 0 aliphatic carbocycles. The Labute approximate surface area is 162 Å². The van der Waals surface area contributed by atoms with Crippen LogP contribution in [0.4, 0.5) is 28.4 Å². The molecule has 156 valence electrons. The Kier molecular flexibility index (Phi) is 6.46. The third kappa shape index (κ3) is 5.77. The molecule has 0 aromatic heterocycles. The number of para-hydroxylation sites is 1. The second kappa shape index (κ2) is 8.28. The Morgan fingerprint density at radius 3 is 2.46 bits per heavy atom. The molecule has 1 saturated heterocycles. The fraction of sp³-hybridized carbons (Fsp3) is 0.579. The van der Waals surface area contributed by atoms with E-state index in [9.17, 15) is 22.8 Å². The molecule has 1 aromatic rings. The third-order valence-electron chi connectivity index (χ3n) is 4.39. The zero-order valence-corrected chi connectivity index (χ0v) is 16.5. The molecule has 3 amide bonds. The van der Waals surface area contributed by atoms with Crippen LogP contribution in [0, 0.1) is 0 Å². The highest BCUT2D eigenvalue weighted by atomic mass is 19.4. The van der Waals surface area contributed by atoms with Gasteiger partial charge in [-0.3, -0.25) is 0 Å². The highest BCUT2D eigenvalue weighted by molar-refractivity contribution is 5.90. The number of amides is 3. The predicted molar refractivity (Wildman–Crippen MR) is 99.1 cm³/mol. The van der Waals surface area contributed by atoms with Crippen LogP contribution in [0.5, 0.6) is 0 Å². The van der Waals surface area contributed by atoms with Crippen molar-refractivity contribution >= 4 is 17.8 Å². The van der Waals surface area contributed by atoms with Crippen LogP contribution in [0.25, 0.3) is 0 Å². The molecule has 0 saturated carbocycles. The molecule has 2 rings (SSSR count). The molecule has 1 aliphatic heterocycles. The van der Waals surface area contributed by atoms with E-state index in [0.29, 0.717) is 19.4 Å².